The Morgan fingerprint density at radius 1 is 0.972 bits per heavy atom. The first-order valence-corrected chi connectivity index (χ1v) is 11.7. The summed E-state index contributed by atoms with van der Waals surface area (Å²) in [4.78, 5) is 40.3. The molecule has 3 N–H and O–H groups in total. The highest BCUT2D eigenvalue weighted by Crippen LogP contribution is 2.28. The molecule has 0 fully saturated rings. The number of amides is 3. The van der Waals surface area contributed by atoms with Crippen molar-refractivity contribution < 1.29 is 24.2 Å². The number of nitrogens with zero attached hydrogens (tertiary/aromatic N) is 1. The van der Waals surface area contributed by atoms with Crippen molar-refractivity contribution >= 4 is 34.4 Å². The fourth-order valence-corrected chi connectivity index (χ4v) is 3.86. The summed E-state index contributed by atoms with van der Waals surface area (Å²) >= 11 is 0. The average molecular weight is 492 g/mol. The van der Waals surface area contributed by atoms with Crippen molar-refractivity contribution in [3.05, 3.63) is 71.8 Å². The van der Waals surface area contributed by atoms with Gasteiger partial charge in [-0.2, -0.15) is 0 Å². The number of benzene rings is 3. The van der Waals surface area contributed by atoms with Gasteiger partial charge in [0.1, 0.15) is 23.4 Å². The Morgan fingerprint density at radius 2 is 1.64 bits per heavy atom. The molecule has 2 unspecified atom stereocenters. The molecule has 8 heteroatoms. The molecular weight excluding hydrogens is 458 g/mol. The number of carbonyl (C=O) groups is 3. The number of hydrogen-bond donors (Lipinski definition) is 3. The van der Waals surface area contributed by atoms with Crippen molar-refractivity contribution in [1.82, 2.24) is 10.2 Å². The third-order valence-electron chi connectivity index (χ3n) is 5.64. The lowest BCUT2D eigenvalue weighted by atomic mass is 10.0. The van der Waals surface area contributed by atoms with Crippen molar-refractivity contribution in [2.45, 2.75) is 52.3 Å². The number of rotatable bonds is 6. The number of ether oxygens (including phenoxy) is 1. The zero-order chi connectivity index (χ0) is 26.6. The molecule has 0 spiro atoms. The molecule has 190 valence electrons. The van der Waals surface area contributed by atoms with E-state index in [-0.39, 0.29) is 5.75 Å². The lowest BCUT2D eigenvalue weighted by Crippen LogP contribution is -2.49. The van der Waals surface area contributed by atoms with Crippen molar-refractivity contribution in [3.8, 4) is 5.75 Å². The maximum absolute atomic E-state index is 13.5. The molecule has 36 heavy (non-hydrogen) atoms. The van der Waals surface area contributed by atoms with Gasteiger partial charge in [0.2, 0.25) is 5.91 Å². The van der Waals surface area contributed by atoms with Gasteiger partial charge in [-0.25, -0.2) is 4.79 Å². The molecule has 3 aromatic carbocycles. The quantitative estimate of drug-likeness (QED) is 0.454. The number of alkyl carbamates (subject to hydrolysis) is 1. The maximum Gasteiger partial charge on any atom is 0.408 e. The van der Waals surface area contributed by atoms with Crippen LogP contribution in [0.4, 0.5) is 10.5 Å². The Kier molecular flexibility index (Phi) is 7.87. The average Bonchev–Trinajstić information content (AvgIpc) is 2.79. The monoisotopic (exact) mass is 491 g/mol. The Bertz CT molecular complexity index is 1280. The van der Waals surface area contributed by atoms with E-state index in [2.05, 4.69) is 10.6 Å². The molecule has 2 atom stereocenters. The van der Waals surface area contributed by atoms with Crippen LogP contribution in [0.5, 0.6) is 5.75 Å². The van der Waals surface area contributed by atoms with Gasteiger partial charge in [0, 0.05) is 12.7 Å². The van der Waals surface area contributed by atoms with Crippen molar-refractivity contribution in [2.75, 3.05) is 12.4 Å². The van der Waals surface area contributed by atoms with Crippen LogP contribution in [0, 0.1) is 6.92 Å². The molecule has 3 amide bonds. The van der Waals surface area contributed by atoms with Crippen LogP contribution >= 0.6 is 0 Å². The summed E-state index contributed by atoms with van der Waals surface area (Å²) in [6.45, 7) is 8.43. The minimum absolute atomic E-state index is 0.0846. The highest BCUT2D eigenvalue weighted by atomic mass is 16.6. The predicted molar refractivity (Wildman–Crippen MR) is 140 cm³/mol. The van der Waals surface area contributed by atoms with Crippen LogP contribution in [-0.2, 0) is 14.3 Å². The van der Waals surface area contributed by atoms with E-state index in [4.69, 9.17) is 4.74 Å². The first-order valence-electron chi connectivity index (χ1n) is 11.7. The minimum Gasteiger partial charge on any atom is -0.508 e. The molecule has 3 aromatic rings. The second-order valence-electron chi connectivity index (χ2n) is 9.82. The molecule has 0 aliphatic carbocycles. The number of phenolic OH excluding ortho intramolecular Hbond substituents is 1. The van der Waals surface area contributed by atoms with Crippen LogP contribution < -0.4 is 10.6 Å². The largest absolute Gasteiger partial charge is 0.508 e. The predicted octanol–water partition coefficient (Wildman–Crippen LogP) is 4.91. The number of likely N-dealkylation sites (N-methyl/N-ethyl adjacent to an activating group) is 1. The summed E-state index contributed by atoms with van der Waals surface area (Å²) in [5.41, 5.74) is 0.950. The van der Waals surface area contributed by atoms with E-state index in [1.807, 2.05) is 36.4 Å². The van der Waals surface area contributed by atoms with Crippen molar-refractivity contribution in [1.29, 1.82) is 0 Å². The first-order chi connectivity index (χ1) is 16.9. The van der Waals surface area contributed by atoms with Crippen LogP contribution in [0.3, 0.4) is 0 Å². The number of nitrogens with one attached hydrogen (secondary N) is 2. The van der Waals surface area contributed by atoms with E-state index < -0.39 is 35.6 Å². The van der Waals surface area contributed by atoms with E-state index in [1.54, 1.807) is 45.9 Å². The number of fused-ring (bicyclic) bond motifs is 1. The third-order valence-corrected chi connectivity index (χ3v) is 5.64. The van der Waals surface area contributed by atoms with Gasteiger partial charge in [0.25, 0.3) is 5.91 Å². The van der Waals surface area contributed by atoms with Gasteiger partial charge in [-0.15, -0.1) is 0 Å². The summed E-state index contributed by atoms with van der Waals surface area (Å²) in [6.07, 6.45) is -0.727. The Hall–Kier alpha value is -4.07. The maximum atomic E-state index is 13.5. The second kappa shape index (κ2) is 10.7. The van der Waals surface area contributed by atoms with Crippen LogP contribution in [0.25, 0.3) is 10.8 Å². The number of hydrogen-bond acceptors (Lipinski definition) is 5. The smallest absolute Gasteiger partial charge is 0.408 e. The number of anilines is 1. The molecule has 0 bridgehead atoms. The standard InChI is InChI=1S/C28H33N3O5/c1-17-15-21(12-14-23(17)32)24(31(6)26(34)18(2)29-27(35)36-28(3,4)5)25(33)30-22-13-11-19-9-7-8-10-20(19)16-22/h7-16,18,24,32H,1-6H3,(H,29,35)(H,30,33). The number of phenols is 1. The highest BCUT2D eigenvalue weighted by Gasteiger charge is 2.32. The van der Waals surface area contributed by atoms with Crippen LogP contribution in [0.2, 0.25) is 0 Å². The minimum atomic E-state index is -1.02. The van der Waals surface area contributed by atoms with Crippen LogP contribution in [-0.4, -0.2) is 46.6 Å². The normalized spacial score (nSPS) is 12.9. The van der Waals surface area contributed by atoms with E-state index in [0.29, 0.717) is 16.8 Å². The van der Waals surface area contributed by atoms with E-state index >= 15 is 0 Å². The molecule has 0 aliphatic heterocycles. The molecule has 0 aromatic heterocycles. The van der Waals surface area contributed by atoms with Gasteiger partial charge in [-0.1, -0.05) is 36.4 Å². The molecule has 0 radical (unpaired) electrons. The number of aromatic hydroxyl groups is 1. The summed E-state index contributed by atoms with van der Waals surface area (Å²) in [6, 6.07) is 16.1. The van der Waals surface area contributed by atoms with Gasteiger partial charge in [-0.05, 0) is 80.8 Å². The van der Waals surface area contributed by atoms with E-state index in [0.717, 1.165) is 10.8 Å². The van der Waals surface area contributed by atoms with Crippen LogP contribution in [0.1, 0.15) is 44.9 Å². The summed E-state index contributed by atoms with van der Waals surface area (Å²) in [5, 5.41) is 17.4. The highest BCUT2D eigenvalue weighted by molar-refractivity contribution is 6.00. The number of carbonyl (C=O) groups excluding carboxylic acids is 3. The second-order valence-corrected chi connectivity index (χ2v) is 9.82. The third kappa shape index (κ3) is 6.53. The van der Waals surface area contributed by atoms with E-state index in [1.165, 1.54) is 24.9 Å². The lowest BCUT2D eigenvalue weighted by Gasteiger charge is -2.30. The fourth-order valence-electron chi connectivity index (χ4n) is 3.86. The first kappa shape index (κ1) is 26.5. The SMILES string of the molecule is Cc1cc(C(C(=O)Nc2ccc3ccccc3c2)N(C)C(=O)C(C)NC(=O)OC(C)(C)C)ccc1O. The summed E-state index contributed by atoms with van der Waals surface area (Å²) in [5.74, 6) is -0.831. The zero-order valence-corrected chi connectivity index (χ0v) is 21.5. The lowest BCUT2D eigenvalue weighted by molar-refractivity contribution is -0.138. The molecule has 0 aliphatic rings. The molecule has 8 nitrogen and oxygen atoms in total. The Morgan fingerprint density at radius 3 is 2.28 bits per heavy atom. The van der Waals surface area contributed by atoms with Gasteiger partial charge in [0.15, 0.2) is 0 Å². The molecule has 0 heterocycles. The molecular formula is C28H33N3O5. The summed E-state index contributed by atoms with van der Waals surface area (Å²) < 4.78 is 5.25. The topological polar surface area (TPSA) is 108 Å². The molecule has 0 saturated carbocycles. The van der Waals surface area contributed by atoms with Gasteiger partial charge in [0.05, 0.1) is 0 Å². The van der Waals surface area contributed by atoms with Gasteiger partial charge >= 0.3 is 6.09 Å². The van der Waals surface area contributed by atoms with Crippen LogP contribution in [0.15, 0.2) is 60.7 Å². The molecule has 3 rings (SSSR count). The Balaban J connectivity index is 1.88. The van der Waals surface area contributed by atoms with Crippen molar-refractivity contribution in [2.24, 2.45) is 0 Å². The van der Waals surface area contributed by atoms with Crippen molar-refractivity contribution in [3.63, 3.8) is 0 Å². The van der Waals surface area contributed by atoms with E-state index in [9.17, 15) is 19.5 Å². The number of aryl methyl sites for hydroxylation is 1. The zero-order valence-electron chi connectivity index (χ0n) is 21.5. The van der Waals surface area contributed by atoms with Gasteiger partial charge in [-0.3, -0.25) is 9.59 Å². The Labute approximate surface area is 211 Å². The summed E-state index contributed by atoms with van der Waals surface area (Å²) in [7, 11) is 1.50. The molecule has 0 saturated heterocycles. The fraction of sp³-hybridized carbons (Fsp3) is 0.321. The van der Waals surface area contributed by atoms with Gasteiger partial charge < -0.3 is 25.4 Å².